The van der Waals surface area contributed by atoms with Gasteiger partial charge in [0.1, 0.15) is 12.4 Å². The molecule has 8 nitrogen and oxygen atoms in total. The van der Waals surface area contributed by atoms with Gasteiger partial charge in [-0.25, -0.2) is 4.98 Å². The molecule has 0 radical (unpaired) electrons. The van der Waals surface area contributed by atoms with Gasteiger partial charge in [-0.3, -0.25) is 10.1 Å². The lowest BCUT2D eigenvalue weighted by molar-refractivity contribution is -0.385. The average Bonchev–Trinajstić information content (AvgIpc) is 2.37. The molecule has 0 aliphatic rings. The quantitative estimate of drug-likeness (QED) is 0.441. The Morgan fingerprint density at radius 3 is 2.55 bits per heavy atom. The number of methoxy groups -OCH3 is 1. The molecule has 0 fully saturated rings. The lowest BCUT2D eigenvalue weighted by Gasteiger charge is -2.13. The highest BCUT2D eigenvalue weighted by atomic mass is 16.6. The van der Waals surface area contributed by atoms with Crippen molar-refractivity contribution in [1.29, 1.82) is 0 Å². The Labute approximate surface area is 117 Å². The van der Waals surface area contributed by atoms with Gasteiger partial charge in [0.05, 0.1) is 11.5 Å². The van der Waals surface area contributed by atoms with Crippen LogP contribution in [0.4, 0.5) is 11.5 Å². The van der Waals surface area contributed by atoms with Crippen molar-refractivity contribution in [2.24, 2.45) is 0 Å². The molecule has 0 saturated heterocycles. The molecule has 112 valence electrons. The topological polar surface area (TPSA) is 99.4 Å². The standard InChI is InChI=1S/C12H20N4O4/c1-5-9-14-11(13-8(2)3)10(16(17)18)12(15-9)20-7-6-19-4/h8H,5-7H2,1-4H3,(H,13,14,15). The van der Waals surface area contributed by atoms with Gasteiger partial charge >= 0.3 is 5.69 Å². The summed E-state index contributed by atoms with van der Waals surface area (Å²) in [7, 11) is 1.53. The first-order chi connectivity index (χ1) is 9.49. The van der Waals surface area contributed by atoms with Gasteiger partial charge in [-0.15, -0.1) is 0 Å². The highest BCUT2D eigenvalue weighted by Crippen LogP contribution is 2.32. The van der Waals surface area contributed by atoms with Crippen LogP contribution in [-0.4, -0.2) is 41.3 Å². The van der Waals surface area contributed by atoms with Gasteiger partial charge in [-0.05, 0) is 13.8 Å². The maximum atomic E-state index is 11.2. The average molecular weight is 284 g/mol. The van der Waals surface area contributed by atoms with E-state index < -0.39 is 4.92 Å². The van der Waals surface area contributed by atoms with Crippen LogP contribution in [0.1, 0.15) is 26.6 Å². The number of aryl methyl sites for hydroxylation is 1. The summed E-state index contributed by atoms with van der Waals surface area (Å²) in [6, 6.07) is 0.0140. The van der Waals surface area contributed by atoms with Gasteiger partial charge in [0.15, 0.2) is 0 Å². The second-order valence-corrected chi connectivity index (χ2v) is 4.39. The number of nitrogens with one attached hydrogen (secondary N) is 1. The predicted octanol–water partition coefficient (Wildman–Crippen LogP) is 1.79. The van der Waals surface area contributed by atoms with Crippen LogP contribution in [0.15, 0.2) is 0 Å². The summed E-state index contributed by atoms with van der Waals surface area (Å²) in [5, 5.41) is 14.2. The van der Waals surface area contributed by atoms with Crippen LogP contribution in [-0.2, 0) is 11.2 Å². The number of anilines is 1. The van der Waals surface area contributed by atoms with Crippen LogP contribution in [0, 0.1) is 10.1 Å². The van der Waals surface area contributed by atoms with E-state index in [0.717, 1.165) is 0 Å². The normalized spacial score (nSPS) is 10.7. The fourth-order valence-corrected chi connectivity index (χ4v) is 1.50. The second kappa shape index (κ2) is 7.59. The number of nitro groups is 1. The molecule has 1 aromatic rings. The van der Waals surface area contributed by atoms with E-state index in [-0.39, 0.29) is 30.0 Å². The zero-order valence-electron chi connectivity index (χ0n) is 12.2. The van der Waals surface area contributed by atoms with Crippen molar-refractivity contribution in [1.82, 2.24) is 9.97 Å². The summed E-state index contributed by atoms with van der Waals surface area (Å²) in [5.74, 6) is 0.650. The van der Waals surface area contributed by atoms with Crippen molar-refractivity contribution in [3.05, 3.63) is 15.9 Å². The fraction of sp³-hybridized carbons (Fsp3) is 0.667. The van der Waals surface area contributed by atoms with Crippen molar-refractivity contribution >= 4 is 11.5 Å². The van der Waals surface area contributed by atoms with Crippen LogP contribution >= 0.6 is 0 Å². The lowest BCUT2D eigenvalue weighted by Crippen LogP contribution is -2.16. The fourth-order valence-electron chi connectivity index (χ4n) is 1.50. The molecule has 0 saturated carbocycles. The maximum Gasteiger partial charge on any atom is 0.372 e. The second-order valence-electron chi connectivity index (χ2n) is 4.39. The summed E-state index contributed by atoms with van der Waals surface area (Å²) in [4.78, 5) is 18.9. The Bertz CT molecular complexity index is 465. The largest absolute Gasteiger partial charge is 0.470 e. The van der Waals surface area contributed by atoms with Crippen LogP contribution in [0.5, 0.6) is 5.88 Å². The number of ether oxygens (including phenoxy) is 2. The zero-order valence-corrected chi connectivity index (χ0v) is 12.2. The van der Waals surface area contributed by atoms with E-state index in [2.05, 4.69) is 15.3 Å². The first-order valence-electron chi connectivity index (χ1n) is 6.43. The summed E-state index contributed by atoms with van der Waals surface area (Å²) < 4.78 is 10.2. The van der Waals surface area contributed by atoms with Gasteiger partial charge in [0.25, 0.3) is 5.88 Å². The first-order valence-corrected chi connectivity index (χ1v) is 6.43. The molecule has 0 aliphatic carbocycles. The van der Waals surface area contributed by atoms with E-state index in [1.54, 1.807) is 0 Å². The van der Waals surface area contributed by atoms with Gasteiger partial charge in [0, 0.05) is 19.6 Å². The minimum atomic E-state index is -0.535. The van der Waals surface area contributed by atoms with Gasteiger partial charge in [0.2, 0.25) is 5.82 Å². The summed E-state index contributed by atoms with van der Waals surface area (Å²) in [6.45, 7) is 6.15. The molecule has 0 atom stereocenters. The third kappa shape index (κ3) is 4.30. The molecule has 0 aliphatic heterocycles. The Hall–Kier alpha value is -1.96. The molecule has 0 aromatic carbocycles. The Morgan fingerprint density at radius 2 is 2.05 bits per heavy atom. The van der Waals surface area contributed by atoms with E-state index in [1.807, 2.05) is 20.8 Å². The Kier molecular flexibility index (Phi) is 6.10. The summed E-state index contributed by atoms with van der Waals surface area (Å²) in [5.41, 5.74) is -0.244. The minimum Gasteiger partial charge on any atom is -0.470 e. The smallest absolute Gasteiger partial charge is 0.372 e. The number of aromatic nitrogens is 2. The van der Waals surface area contributed by atoms with Crippen molar-refractivity contribution in [3.63, 3.8) is 0 Å². The molecule has 20 heavy (non-hydrogen) atoms. The van der Waals surface area contributed by atoms with Crippen molar-refractivity contribution < 1.29 is 14.4 Å². The molecule has 1 rings (SSSR count). The molecule has 0 spiro atoms. The summed E-state index contributed by atoms with van der Waals surface area (Å²) >= 11 is 0. The third-order valence-corrected chi connectivity index (χ3v) is 2.35. The molecule has 0 unspecified atom stereocenters. The van der Waals surface area contributed by atoms with Crippen LogP contribution < -0.4 is 10.1 Å². The third-order valence-electron chi connectivity index (χ3n) is 2.35. The van der Waals surface area contributed by atoms with E-state index >= 15 is 0 Å². The van der Waals surface area contributed by atoms with Crippen molar-refractivity contribution in [2.75, 3.05) is 25.6 Å². The van der Waals surface area contributed by atoms with Crippen molar-refractivity contribution in [2.45, 2.75) is 33.2 Å². The predicted molar refractivity (Wildman–Crippen MR) is 74.2 cm³/mol. The monoisotopic (exact) mass is 284 g/mol. The molecular weight excluding hydrogens is 264 g/mol. The highest BCUT2D eigenvalue weighted by molar-refractivity contribution is 5.62. The van der Waals surface area contributed by atoms with E-state index in [9.17, 15) is 10.1 Å². The highest BCUT2D eigenvalue weighted by Gasteiger charge is 2.26. The Balaban J connectivity index is 3.19. The van der Waals surface area contributed by atoms with Crippen LogP contribution in [0.25, 0.3) is 0 Å². The van der Waals surface area contributed by atoms with E-state index in [1.165, 1.54) is 7.11 Å². The SMILES string of the molecule is CCc1nc(NC(C)C)c([N+](=O)[O-])c(OCCOC)n1. The molecule has 0 bridgehead atoms. The molecule has 1 aromatic heterocycles. The Morgan fingerprint density at radius 1 is 1.35 bits per heavy atom. The van der Waals surface area contributed by atoms with E-state index in [0.29, 0.717) is 18.9 Å². The zero-order chi connectivity index (χ0) is 15.1. The lowest BCUT2D eigenvalue weighted by atomic mass is 10.3. The maximum absolute atomic E-state index is 11.2. The van der Waals surface area contributed by atoms with Gasteiger partial charge < -0.3 is 14.8 Å². The number of hydrogen-bond acceptors (Lipinski definition) is 7. The summed E-state index contributed by atoms with van der Waals surface area (Å²) in [6.07, 6.45) is 0.561. The molecule has 0 amide bonds. The van der Waals surface area contributed by atoms with Crippen LogP contribution in [0.2, 0.25) is 0 Å². The van der Waals surface area contributed by atoms with Gasteiger partial charge in [-0.2, -0.15) is 4.98 Å². The van der Waals surface area contributed by atoms with E-state index in [4.69, 9.17) is 9.47 Å². The van der Waals surface area contributed by atoms with Gasteiger partial charge in [-0.1, -0.05) is 6.92 Å². The number of nitrogens with zero attached hydrogens (tertiary/aromatic N) is 3. The molecule has 1 N–H and O–H groups in total. The number of hydrogen-bond donors (Lipinski definition) is 1. The van der Waals surface area contributed by atoms with Crippen LogP contribution in [0.3, 0.4) is 0 Å². The van der Waals surface area contributed by atoms with Crippen molar-refractivity contribution in [3.8, 4) is 5.88 Å². The molecular formula is C12H20N4O4. The first kappa shape index (κ1) is 16.1. The minimum absolute atomic E-state index is 0.0140. The number of rotatable bonds is 8. The molecule has 8 heteroatoms. The molecule has 1 heterocycles.